The minimum atomic E-state index is -0.677. The highest BCUT2D eigenvalue weighted by molar-refractivity contribution is 7.13. The first-order valence-electron chi connectivity index (χ1n) is 6.44. The minimum absolute atomic E-state index is 0.0225. The lowest BCUT2D eigenvalue weighted by Crippen LogP contribution is -2.23. The van der Waals surface area contributed by atoms with Gasteiger partial charge in [-0.15, -0.1) is 11.3 Å². The summed E-state index contributed by atoms with van der Waals surface area (Å²) in [5.74, 6) is -1.77. The van der Waals surface area contributed by atoms with Crippen LogP contribution in [-0.4, -0.2) is 16.1 Å². The van der Waals surface area contributed by atoms with Crippen LogP contribution in [0.25, 0.3) is 10.6 Å². The van der Waals surface area contributed by atoms with Crippen LogP contribution in [-0.2, 0) is 6.54 Å². The molecule has 0 fully saturated rings. The zero-order valence-electron chi connectivity index (χ0n) is 11.3. The summed E-state index contributed by atoms with van der Waals surface area (Å²) in [5.41, 5.74) is 1.32. The van der Waals surface area contributed by atoms with Gasteiger partial charge in [-0.1, -0.05) is 6.07 Å². The molecular weight excluding hydrogens is 308 g/mol. The number of carbonyl (C=O) groups is 1. The summed E-state index contributed by atoms with van der Waals surface area (Å²) in [5, 5.41) is 11.2. The van der Waals surface area contributed by atoms with Crippen molar-refractivity contribution in [2.45, 2.75) is 6.54 Å². The maximum Gasteiger partial charge on any atom is 0.272 e. The summed E-state index contributed by atoms with van der Waals surface area (Å²) < 4.78 is 26.1. The molecule has 7 heteroatoms. The van der Waals surface area contributed by atoms with E-state index in [4.69, 9.17) is 0 Å². The van der Waals surface area contributed by atoms with Crippen LogP contribution in [0.15, 0.2) is 41.8 Å². The summed E-state index contributed by atoms with van der Waals surface area (Å²) in [6.45, 7) is 0.0225. The van der Waals surface area contributed by atoms with E-state index in [1.165, 1.54) is 23.5 Å². The first-order valence-corrected chi connectivity index (χ1v) is 7.32. The smallest absolute Gasteiger partial charge is 0.272 e. The second-order valence-electron chi connectivity index (χ2n) is 4.60. The van der Waals surface area contributed by atoms with Crippen molar-refractivity contribution >= 4 is 17.2 Å². The Balaban J connectivity index is 1.67. The number of nitrogens with one attached hydrogen (secondary N) is 2. The Hall–Kier alpha value is -2.54. The van der Waals surface area contributed by atoms with Crippen molar-refractivity contribution in [1.82, 2.24) is 15.5 Å². The Morgan fingerprint density at radius 3 is 2.68 bits per heavy atom. The molecule has 2 aromatic heterocycles. The third kappa shape index (κ3) is 3.20. The molecule has 3 aromatic rings. The van der Waals surface area contributed by atoms with E-state index in [1.807, 2.05) is 17.5 Å². The van der Waals surface area contributed by atoms with E-state index in [2.05, 4.69) is 15.5 Å². The van der Waals surface area contributed by atoms with Gasteiger partial charge in [0.2, 0.25) is 0 Å². The fraction of sp³-hybridized carbons (Fsp3) is 0.0667. The zero-order chi connectivity index (χ0) is 15.5. The number of halogens is 2. The molecule has 1 amide bonds. The second kappa shape index (κ2) is 6.07. The molecule has 0 aliphatic rings. The van der Waals surface area contributed by atoms with Gasteiger partial charge in [0.25, 0.3) is 5.91 Å². The molecule has 3 rings (SSSR count). The third-order valence-corrected chi connectivity index (χ3v) is 3.88. The van der Waals surface area contributed by atoms with Crippen LogP contribution in [0.5, 0.6) is 0 Å². The molecule has 0 radical (unpaired) electrons. The highest BCUT2D eigenvalue weighted by Crippen LogP contribution is 2.22. The standard InChI is InChI=1S/C15H11F2N3OS/c16-10-4-9(5-11(17)6-10)8-18-15(21)13-7-12(19-20-13)14-2-1-3-22-14/h1-7H,8H2,(H,18,21)(H,19,20). The topological polar surface area (TPSA) is 57.8 Å². The van der Waals surface area contributed by atoms with Crippen molar-refractivity contribution in [1.29, 1.82) is 0 Å². The SMILES string of the molecule is O=C(NCc1cc(F)cc(F)c1)c1cc(-c2cccs2)[nH]n1. The predicted octanol–water partition coefficient (Wildman–Crippen LogP) is 3.35. The monoisotopic (exact) mass is 319 g/mol. The Morgan fingerprint density at radius 1 is 1.23 bits per heavy atom. The fourth-order valence-electron chi connectivity index (χ4n) is 1.98. The molecule has 0 atom stereocenters. The van der Waals surface area contributed by atoms with Crippen LogP contribution in [0.1, 0.15) is 16.1 Å². The van der Waals surface area contributed by atoms with E-state index >= 15 is 0 Å². The Morgan fingerprint density at radius 2 is 2.00 bits per heavy atom. The molecule has 112 valence electrons. The van der Waals surface area contributed by atoms with Crippen LogP contribution in [0, 0.1) is 11.6 Å². The molecule has 22 heavy (non-hydrogen) atoms. The average molecular weight is 319 g/mol. The second-order valence-corrected chi connectivity index (χ2v) is 5.55. The molecule has 0 spiro atoms. The summed E-state index contributed by atoms with van der Waals surface area (Å²) in [4.78, 5) is 13.0. The van der Waals surface area contributed by atoms with Crippen LogP contribution in [0.3, 0.4) is 0 Å². The summed E-state index contributed by atoms with van der Waals surface area (Å²) in [7, 11) is 0. The van der Waals surface area contributed by atoms with Crippen molar-refractivity contribution in [2.75, 3.05) is 0 Å². The zero-order valence-corrected chi connectivity index (χ0v) is 12.1. The minimum Gasteiger partial charge on any atom is -0.347 e. The molecule has 0 aliphatic heterocycles. The molecule has 0 saturated heterocycles. The largest absolute Gasteiger partial charge is 0.347 e. The number of hydrogen-bond donors (Lipinski definition) is 2. The molecule has 0 bridgehead atoms. The molecule has 0 aliphatic carbocycles. The van der Waals surface area contributed by atoms with Crippen LogP contribution in [0.4, 0.5) is 8.78 Å². The molecule has 2 heterocycles. The Kier molecular flexibility index (Phi) is 3.97. The number of rotatable bonds is 4. The van der Waals surface area contributed by atoms with Gasteiger partial charge in [0.15, 0.2) is 5.69 Å². The Labute approximate surface area is 128 Å². The lowest BCUT2D eigenvalue weighted by atomic mass is 10.2. The normalized spacial score (nSPS) is 10.6. The Bertz CT molecular complexity index is 779. The maximum atomic E-state index is 13.1. The van der Waals surface area contributed by atoms with Gasteiger partial charge in [0.1, 0.15) is 11.6 Å². The number of aromatic amines is 1. The number of H-pyrrole nitrogens is 1. The van der Waals surface area contributed by atoms with Crippen molar-refractivity contribution < 1.29 is 13.6 Å². The first-order chi connectivity index (χ1) is 10.6. The average Bonchev–Trinajstić information content (AvgIpc) is 3.14. The van der Waals surface area contributed by atoms with E-state index in [0.29, 0.717) is 5.56 Å². The van der Waals surface area contributed by atoms with Gasteiger partial charge < -0.3 is 5.32 Å². The van der Waals surface area contributed by atoms with Gasteiger partial charge in [-0.2, -0.15) is 5.10 Å². The molecular formula is C15H11F2N3OS. The number of thiophene rings is 1. The van der Waals surface area contributed by atoms with E-state index in [9.17, 15) is 13.6 Å². The number of carbonyl (C=O) groups excluding carboxylic acids is 1. The number of aromatic nitrogens is 2. The third-order valence-electron chi connectivity index (χ3n) is 2.97. The molecule has 4 nitrogen and oxygen atoms in total. The van der Waals surface area contributed by atoms with Gasteiger partial charge in [-0.3, -0.25) is 9.89 Å². The van der Waals surface area contributed by atoms with Gasteiger partial charge in [-0.05, 0) is 35.2 Å². The van der Waals surface area contributed by atoms with E-state index in [-0.39, 0.29) is 12.2 Å². The quantitative estimate of drug-likeness (QED) is 0.775. The summed E-state index contributed by atoms with van der Waals surface area (Å²) in [6.07, 6.45) is 0. The fourth-order valence-corrected chi connectivity index (χ4v) is 2.67. The lowest BCUT2D eigenvalue weighted by Gasteiger charge is -2.03. The molecule has 0 unspecified atom stereocenters. The van der Waals surface area contributed by atoms with Gasteiger partial charge in [0.05, 0.1) is 10.6 Å². The van der Waals surface area contributed by atoms with Crippen LogP contribution in [0.2, 0.25) is 0 Å². The van der Waals surface area contributed by atoms with Crippen molar-refractivity contribution in [2.24, 2.45) is 0 Å². The first kappa shape index (κ1) is 14.4. The lowest BCUT2D eigenvalue weighted by molar-refractivity contribution is 0.0945. The van der Waals surface area contributed by atoms with Crippen molar-refractivity contribution in [3.05, 3.63) is 64.7 Å². The summed E-state index contributed by atoms with van der Waals surface area (Å²) >= 11 is 1.53. The number of nitrogens with zero attached hydrogens (tertiary/aromatic N) is 1. The summed E-state index contributed by atoms with van der Waals surface area (Å²) in [6, 6.07) is 8.57. The molecule has 0 saturated carbocycles. The van der Waals surface area contributed by atoms with Crippen molar-refractivity contribution in [3.8, 4) is 10.6 Å². The van der Waals surface area contributed by atoms with E-state index in [0.717, 1.165) is 16.6 Å². The molecule has 2 N–H and O–H groups in total. The highest BCUT2D eigenvalue weighted by Gasteiger charge is 2.12. The van der Waals surface area contributed by atoms with Crippen LogP contribution < -0.4 is 5.32 Å². The number of amides is 1. The van der Waals surface area contributed by atoms with E-state index < -0.39 is 17.5 Å². The van der Waals surface area contributed by atoms with Gasteiger partial charge >= 0.3 is 0 Å². The number of hydrogen-bond acceptors (Lipinski definition) is 3. The highest BCUT2D eigenvalue weighted by atomic mass is 32.1. The van der Waals surface area contributed by atoms with Gasteiger partial charge in [0, 0.05) is 12.6 Å². The van der Waals surface area contributed by atoms with Crippen molar-refractivity contribution in [3.63, 3.8) is 0 Å². The predicted molar refractivity (Wildman–Crippen MR) is 79.4 cm³/mol. The maximum absolute atomic E-state index is 13.1. The number of benzene rings is 1. The van der Waals surface area contributed by atoms with E-state index in [1.54, 1.807) is 6.07 Å². The van der Waals surface area contributed by atoms with Gasteiger partial charge in [-0.25, -0.2) is 8.78 Å². The molecule has 1 aromatic carbocycles. The van der Waals surface area contributed by atoms with Crippen LogP contribution >= 0.6 is 11.3 Å².